The Morgan fingerprint density at radius 3 is 2.60 bits per heavy atom. The molecule has 0 saturated carbocycles. The monoisotopic (exact) mass is 202 g/mol. The van der Waals surface area contributed by atoms with Crippen molar-refractivity contribution in [2.45, 2.75) is 0 Å². The van der Waals surface area contributed by atoms with E-state index in [1.807, 2.05) is 38.4 Å². The van der Waals surface area contributed by atoms with Gasteiger partial charge < -0.3 is 15.1 Å². The van der Waals surface area contributed by atoms with Crippen molar-refractivity contribution in [2.75, 3.05) is 24.7 Å². The molecule has 0 saturated heterocycles. The third kappa shape index (κ3) is 1.81. The minimum Gasteiger partial charge on any atom is -0.472 e. The smallest absolute Gasteiger partial charge is 0.0981 e. The van der Waals surface area contributed by atoms with Crippen molar-refractivity contribution < 1.29 is 4.42 Å². The summed E-state index contributed by atoms with van der Waals surface area (Å²) in [4.78, 5) is 2.06. The highest BCUT2D eigenvalue weighted by Crippen LogP contribution is 2.31. The maximum Gasteiger partial charge on any atom is 0.0981 e. The van der Waals surface area contributed by atoms with Crippen LogP contribution in [0.1, 0.15) is 0 Å². The van der Waals surface area contributed by atoms with Crippen molar-refractivity contribution in [2.24, 2.45) is 0 Å². The van der Waals surface area contributed by atoms with Crippen LogP contribution < -0.4 is 10.6 Å². The van der Waals surface area contributed by atoms with Crippen molar-refractivity contribution in [3.05, 3.63) is 36.8 Å². The van der Waals surface area contributed by atoms with Gasteiger partial charge in [-0.05, 0) is 24.3 Å². The summed E-state index contributed by atoms with van der Waals surface area (Å²) in [6, 6.07) is 7.80. The molecule has 1 heterocycles. The van der Waals surface area contributed by atoms with Gasteiger partial charge in [0, 0.05) is 36.6 Å². The van der Waals surface area contributed by atoms with Gasteiger partial charge >= 0.3 is 0 Å². The van der Waals surface area contributed by atoms with Crippen LogP contribution in [0.2, 0.25) is 0 Å². The summed E-state index contributed by atoms with van der Waals surface area (Å²) in [6.45, 7) is 0. The van der Waals surface area contributed by atoms with Crippen LogP contribution in [0.25, 0.3) is 11.1 Å². The van der Waals surface area contributed by atoms with E-state index < -0.39 is 0 Å². The van der Waals surface area contributed by atoms with E-state index in [1.54, 1.807) is 12.5 Å². The number of nitrogen functional groups attached to an aromatic ring is 1. The van der Waals surface area contributed by atoms with Gasteiger partial charge in [-0.3, -0.25) is 0 Å². The van der Waals surface area contributed by atoms with E-state index in [0.717, 1.165) is 22.5 Å². The molecule has 2 N–H and O–H groups in total. The molecule has 78 valence electrons. The first-order valence-electron chi connectivity index (χ1n) is 4.78. The molecule has 0 atom stereocenters. The number of nitrogens with zero attached hydrogens (tertiary/aromatic N) is 1. The molecule has 0 unspecified atom stereocenters. The van der Waals surface area contributed by atoms with Crippen LogP contribution >= 0.6 is 0 Å². The minimum absolute atomic E-state index is 0.761. The molecule has 0 bridgehead atoms. The highest BCUT2D eigenvalue weighted by molar-refractivity contribution is 5.80. The lowest BCUT2D eigenvalue weighted by Gasteiger charge is -2.17. The van der Waals surface area contributed by atoms with Crippen molar-refractivity contribution in [1.29, 1.82) is 0 Å². The van der Waals surface area contributed by atoms with Gasteiger partial charge in [0.05, 0.1) is 12.5 Å². The van der Waals surface area contributed by atoms with Crippen LogP contribution in [0.5, 0.6) is 0 Å². The van der Waals surface area contributed by atoms with Crippen molar-refractivity contribution in [1.82, 2.24) is 0 Å². The number of furan rings is 1. The first-order chi connectivity index (χ1) is 7.18. The van der Waals surface area contributed by atoms with Crippen LogP contribution in [0.15, 0.2) is 41.2 Å². The fraction of sp³-hybridized carbons (Fsp3) is 0.167. The summed E-state index contributed by atoms with van der Waals surface area (Å²) in [5.41, 5.74) is 9.81. The van der Waals surface area contributed by atoms with Gasteiger partial charge in [0.15, 0.2) is 0 Å². The second-order valence-electron chi connectivity index (χ2n) is 3.68. The molecular weight excluding hydrogens is 188 g/mol. The molecule has 15 heavy (non-hydrogen) atoms. The number of anilines is 2. The largest absolute Gasteiger partial charge is 0.472 e. The van der Waals surface area contributed by atoms with Gasteiger partial charge in [-0.1, -0.05) is 0 Å². The Morgan fingerprint density at radius 1 is 1.20 bits per heavy atom. The van der Waals surface area contributed by atoms with Gasteiger partial charge in [0.25, 0.3) is 0 Å². The van der Waals surface area contributed by atoms with E-state index in [9.17, 15) is 0 Å². The molecule has 2 rings (SSSR count). The average Bonchev–Trinajstić information content (AvgIpc) is 2.69. The normalized spacial score (nSPS) is 10.3. The Hall–Kier alpha value is -1.90. The Morgan fingerprint density at radius 2 is 2.00 bits per heavy atom. The number of benzene rings is 1. The number of nitrogens with two attached hydrogens (primary N) is 1. The first kappa shape index (κ1) is 9.65. The molecule has 0 aliphatic rings. The third-order valence-corrected chi connectivity index (χ3v) is 2.33. The zero-order valence-electron chi connectivity index (χ0n) is 8.90. The van der Waals surface area contributed by atoms with Crippen molar-refractivity contribution in [3.63, 3.8) is 0 Å². The van der Waals surface area contributed by atoms with E-state index in [0.29, 0.717) is 0 Å². The molecule has 0 aliphatic carbocycles. The fourth-order valence-corrected chi connectivity index (χ4v) is 1.59. The molecule has 0 aliphatic heterocycles. The lowest BCUT2D eigenvalue weighted by molar-refractivity contribution is 0.568. The van der Waals surface area contributed by atoms with Crippen LogP contribution in [0.3, 0.4) is 0 Å². The SMILES string of the molecule is CN(C)c1ccc(N)cc1-c1ccoc1. The van der Waals surface area contributed by atoms with E-state index in [-0.39, 0.29) is 0 Å². The number of hydrogen-bond donors (Lipinski definition) is 1. The quantitative estimate of drug-likeness (QED) is 0.761. The standard InChI is InChI=1S/C12H14N2O/c1-14(2)12-4-3-10(13)7-11(12)9-5-6-15-8-9/h3-8H,13H2,1-2H3. The Balaban J connectivity index is 2.58. The van der Waals surface area contributed by atoms with E-state index in [4.69, 9.17) is 10.2 Å². The molecule has 0 amide bonds. The number of rotatable bonds is 2. The lowest BCUT2D eigenvalue weighted by Crippen LogP contribution is -2.10. The molecule has 3 heteroatoms. The van der Waals surface area contributed by atoms with E-state index in [2.05, 4.69) is 4.90 Å². The molecule has 3 nitrogen and oxygen atoms in total. The molecular formula is C12H14N2O. The predicted octanol–water partition coefficient (Wildman–Crippen LogP) is 2.59. The van der Waals surface area contributed by atoms with Crippen LogP contribution in [-0.2, 0) is 0 Å². The highest BCUT2D eigenvalue weighted by Gasteiger charge is 2.08. The van der Waals surface area contributed by atoms with Gasteiger partial charge in [0.1, 0.15) is 0 Å². The minimum atomic E-state index is 0.761. The van der Waals surface area contributed by atoms with Crippen LogP contribution in [-0.4, -0.2) is 14.1 Å². The summed E-state index contributed by atoms with van der Waals surface area (Å²) >= 11 is 0. The predicted molar refractivity (Wildman–Crippen MR) is 62.9 cm³/mol. The molecule has 1 aromatic carbocycles. The second-order valence-corrected chi connectivity index (χ2v) is 3.68. The first-order valence-corrected chi connectivity index (χ1v) is 4.78. The lowest BCUT2D eigenvalue weighted by atomic mass is 10.1. The molecule has 0 fully saturated rings. The molecule has 1 aromatic heterocycles. The third-order valence-electron chi connectivity index (χ3n) is 2.33. The molecule has 0 spiro atoms. The summed E-state index contributed by atoms with van der Waals surface area (Å²) in [5, 5.41) is 0. The average molecular weight is 202 g/mol. The Kier molecular flexibility index (Phi) is 2.37. The number of hydrogen-bond acceptors (Lipinski definition) is 3. The fourth-order valence-electron chi connectivity index (χ4n) is 1.59. The Labute approximate surface area is 89.1 Å². The van der Waals surface area contributed by atoms with Crippen molar-refractivity contribution >= 4 is 11.4 Å². The summed E-state index contributed by atoms with van der Waals surface area (Å²) in [7, 11) is 4.02. The topological polar surface area (TPSA) is 42.4 Å². The zero-order valence-corrected chi connectivity index (χ0v) is 8.90. The van der Waals surface area contributed by atoms with E-state index >= 15 is 0 Å². The highest BCUT2D eigenvalue weighted by atomic mass is 16.3. The molecule has 2 aromatic rings. The van der Waals surface area contributed by atoms with Crippen LogP contribution in [0, 0.1) is 0 Å². The molecule has 0 radical (unpaired) electrons. The van der Waals surface area contributed by atoms with Gasteiger partial charge in [-0.15, -0.1) is 0 Å². The second kappa shape index (κ2) is 3.69. The Bertz CT molecular complexity index is 447. The van der Waals surface area contributed by atoms with Gasteiger partial charge in [-0.2, -0.15) is 0 Å². The van der Waals surface area contributed by atoms with Crippen molar-refractivity contribution in [3.8, 4) is 11.1 Å². The maximum atomic E-state index is 5.78. The van der Waals surface area contributed by atoms with E-state index in [1.165, 1.54) is 0 Å². The summed E-state index contributed by atoms with van der Waals surface area (Å²) in [5.74, 6) is 0. The zero-order chi connectivity index (χ0) is 10.8. The summed E-state index contributed by atoms with van der Waals surface area (Å²) in [6.07, 6.45) is 3.39. The van der Waals surface area contributed by atoms with Gasteiger partial charge in [0.2, 0.25) is 0 Å². The van der Waals surface area contributed by atoms with Gasteiger partial charge in [-0.25, -0.2) is 0 Å². The summed E-state index contributed by atoms with van der Waals surface area (Å²) < 4.78 is 5.08. The van der Waals surface area contributed by atoms with Crippen LogP contribution in [0.4, 0.5) is 11.4 Å². The maximum absolute atomic E-state index is 5.78.